The number of rotatable bonds is 2. The zero-order valence-electron chi connectivity index (χ0n) is 7.33. The highest BCUT2D eigenvalue weighted by atomic mass is 79.9. The second-order valence-electron chi connectivity index (χ2n) is 2.67. The second kappa shape index (κ2) is 3.77. The normalized spacial score (nSPS) is 10.2. The molecular weight excluding hydrogens is 264 g/mol. The highest BCUT2D eigenvalue weighted by Gasteiger charge is 2.09. The van der Waals surface area contributed by atoms with Crippen LogP contribution in [-0.4, -0.2) is 30.8 Å². The van der Waals surface area contributed by atoms with Gasteiger partial charge in [0.15, 0.2) is 5.82 Å². The van der Waals surface area contributed by atoms with E-state index >= 15 is 0 Å². The summed E-state index contributed by atoms with van der Waals surface area (Å²) in [4.78, 5) is 18.4. The first-order valence-corrected chi connectivity index (χ1v) is 4.71. The van der Waals surface area contributed by atoms with Gasteiger partial charge in [0.2, 0.25) is 0 Å². The van der Waals surface area contributed by atoms with Gasteiger partial charge >= 0.3 is 5.97 Å². The number of carbonyl (C=O) groups is 1. The number of nitrogens with zero attached hydrogens (tertiary/aromatic N) is 4. The van der Waals surface area contributed by atoms with Crippen molar-refractivity contribution in [3.05, 3.63) is 35.0 Å². The van der Waals surface area contributed by atoms with Gasteiger partial charge in [-0.2, -0.15) is 5.10 Å². The Morgan fingerprint density at radius 2 is 2.33 bits per heavy atom. The summed E-state index contributed by atoms with van der Waals surface area (Å²) in [7, 11) is 0. The number of hydrogen-bond acceptors (Lipinski definition) is 4. The van der Waals surface area contributed by atoms with E-state index < -0.39 is 5.97 Å². The molecule has 0 bridgehead atoms. The van der Waals surface area contributed by atoms with Gasteiger partial charge in [-0.05, 0) is 22.0 Å². The van der Waals surface area contributed by atoms with Crippen LogP contribution in [0.2, 0.25) is 0 Å². The van der Waals surface area contributed by atoms with E-state index in [-0.39, 0.29) is 5.56 Å². The maximum atomic E-state index is 10.7. The van der Waals surface area contributed by atoms with Gasteiger partial charge in [0, 0.05) is 6.20 Å². The maximum absolute atomic E-state index is 10.7. The molecule has 0 saturated carbocycles. The number of aromatic carboxylic acids is 1. The molecule has 0 aliphatic rings. The lowest BCUT2D eigenvalue weighted by atomic mass is 10.3. The van der Waals surface area contributed by atoms with Crippen LogP contribution in [0.15, 0.2) is 29.4 Å². The molecule has 6 nitrogen and oxygen atoms in total. The molecule has 1 N–H and O–H groups in total. The van der Waals surface area contributed by atoms with Crippen LogP contribution in [0.3, 0.4) is 0 Å². The molecule has 0 fully saturated rings. The topological polar surface area (TPSA) is 80.9 Å². The highest BCUT2D eigenvalue weighted by molar-refractivity contribution is 9.10. The second-order valence-corrected chi connectivity index (χ2v) is 3.53. The van der Waals surface area contributed by atoms with Crippen LogP contribution in [0, 0.1) is 0 Å². The number of carboxylic acid groups (broad SMARTS) is 1. The lowest BCUT2D eigenvalue weighted by Gasteiger charge is -2.02. The van der Waals surface area contributed by atoms with Gasteiger partial charge in [-0.3, -0.25) is 0 Å². The summed E-state index contributed by atoms with van der Waals surface area (Å²) in [5, 5.41) is 12.6. The Kier molecular flexibility index (Phi) is 2.46. The van der Waals surface area contributed by atoms with Gasteiger partial charge in [-0.25, -0.2) is 19.4 Å². The minimum absolute atomic E-state index is 0.116. The fourth-order valence-electron chi connectivity index (χ4n) is 1.03. The molecule has 15 heavy (non-hydrogen) atoms. The van der Waals surface area contributed by atoms with Crippen molar-refractivity contribution in [2.45, 2.75) is 0 Å². The predicted octanol–water partition coefficient (Wildman–Crippen LogP) is 1.12. The van der Waals surface area contributed by atoms with Crippen LogP contribution in [0.1, 0.15) is 10.4 Å². The summed E-state index contributed by atoms with van der Waals surface area (Å²) in [6.45, 7) is 0. The zero-order valence-corrected chi connectivity index (χ0v) is 8.92. The van der Waals surface area contributed by atoms with Gasteiger partial charge in [0.1, 0.15) is 12.7 Å². The van der Waals surface area contributed by atoms with Crippen molar-refractivity contribution in [1.29, 1.82) is 0 Å². The van der Waals surface area contributed by atoms with Gasteiger partial charge in [-0.1, -0.05) is 0 Å². The largest absolute Gasteiger partial charge is 0.478 e. The molecule has 0 radical (unpaired) electrons. The van der Waals surface area contributed by atoms with Crippen molar-refractivity contribution in [2.75, 3.05) is 0 Å². The Morgan fingerprint density at radius 3 is 2.87 bits per heavy atom. The van der Waals surface area contributed by atoms with E-state index in [2.05, 4.69) is 31.0 Å². The molecule has 0 aliphatic carbocycles. The Labute approximate surface area is 92.7 Å². The lowest BCUT2D eigenvalue weighted by molar-refractivity contribution is 0.0696. The third-order valence-electron chi connectivity index (χ3n) is 1.70. The monoisotopic (exact) mass is 268 g/mol. The number of aromatic nitrogens is 4. The van der Waals surface area contributed by atoms with E-state index in [1.807, 2.05) is 0 Å². The van der Waals surface area contributed by atoms with Crippen LogP contribution < -0.4 is 0 Å². The molecule has 0 aliphatic heterocycles. The molecule has 2 heterocycles. The van der Waals surface area contributed by atoms with Crippen LogP contribution >= 0.6 is 15.9 Å². The van der Waals surface area contributed by atoms with Crippen LogP contribution in [0.5, 0.6) is 0 Å². The van der Waals surface area contributed by atoms with Crippen molar-refractivity contribution in [3.63, 3.8) is 0 Å². The van der Waals surface area contributed by atoms with Crippen LogP contribution in [0.4, 0.5) is 0 Å². The van der Waals surface area contributed by atoms with Gasteiger partial charge in [0.05, 0.1) is 10.0 Å². The van der Waals surface area contributed by atoms with E-state index in [9.17, 15) is 4.79 Å². The molecule has 2 aromatic rings. The van der Waals surface area contributed by atoms with Crippen molar-refractivity contribution in [2.24, 2.45) is 0 Å². The summed E-state index contributed by atoms with van der Waals surface area (Å²) in [5.41, 5.74) is 0.116. The zero-order chi connectivity index (χ0) is 10.8. The number of hydrogen-bond donors (Lipinski definition) is 1. The minimum atomic E-state index is -1.02. The molecule has 0 spiro atoms. The Balaban J connectivity index is 2.48. The highest BCUT2D eigenvalue weighted by Crippen LogP contribution is 2.18. The Morgan fingerprint density at radius 1 is 1.53 bits per heavy atom. The average Bonchev–Trinajstić information content (AvgIpc) is 2.70. The van der Waals surface area contributed by atoms with Gasteiger partial charge < -0.3 is 5.11 Å². The molecular formula is C8H5BrN4O2. The van der Waals surface area contributed by atoms with E-state index in [4.69, 9.17) is 5.11 Å². The van der Waals surface area contributed by atoms with Crippen molar-refractivity contribution in [3.8, 4) is 5.82 Å². The van der Waals surface area contributed by atoms with Crippen LogP contribution in [0.25, 0.3) is 5.82 Å². The summed E-state index contributed by atoms with van der Waals surface area (Å²) in [6.07, 6.45) is 4.12. The molecule has 0 aromatic carbocycles. The number of pyridine rings is 1. The van der Waals surface area contributed by atoms with Crippen LogP contribution in [-0.2, 0) is 0 Å². The Hall–Kier alpha value is -1.76. The third kappa shape index (κ3) is 1.86. The first-order valence-electron chi connectivity index (χ1n) is 3.92. The maximum Gasteiger partial charge on any atom is 0.337 e. The molecule has 2 aromatic heterocycles. The quantitative estimate of drug-likeness (QED) is 0.883. The van der Waals surface area contributed by atoms with E-state index in [0.29, 0.717) is 10.3 Å². The fourth-order valence-corrected chi connectivity index (χ4v) is 1.56. The molecule has 7 heteroatoms. The van der Waals surface area contributed by atoms with Gasteiger partial charge in [-0.15, -0.1) is 0 Å². The minimum Gasteiger partial charge on any atom is -0.478 e. The third-order valence-corrected chi connectivity index (χ3v) is 2.29. The SMILES string of the molecule is O=C(O)c1cnc(-n2cncn2)c(Br)c1. The predicted molar refractivity (Wildman–Crippen MR) is 53.8 cm³/mol. The summed E-state index contributed by atoms with van der Waals surface area (Å²) >= 11 is 3.22. The average molecular weight is 269 g/mol. The molecule has 0 amide bonds. The first kappa shape index (κ1) is 9.78. The number of carboxylic acids is 1. The molecule has 76 valence electrons. The van der Waals surface area contributed by atoms with Crippen molar-refractivity contribution >= 4 is 21.9 Å². The van der Waals surface area contributed by atoms with E-state index in [0.717, 1.165) is 0 Å². The fraction of sp³-hybridized carbons (Fsp3) is 0. The first-order chi connectivity index (χ1) is 7.18. The molecule has 0 unspecified atom stereocenters. The summed E-state index contributed by atoms with van der Waals surface area (Å²) in [6, 6.07) is 1.46. The van der Waals surface area contributed by atoms with E-state index in [1.165, 1.54) is 29.6 Å². The molecule has 2 rings (SSSR count). The summed E-state index contributed by atoms with van der Waals surface area (Å²) < 4.78 is 1.99. The Bertz CT molecular complexity index is 497. The van der Waals surface area contributed by atoms with Gasteiger partial charge in [0.25, 0.3) is 0 Å². The van der Waals surface area contributed by atoms with Crippen molar-refractivity contribution < 1.29 is 9.90 Å². The molecule has 0 saturated heterocycles. The van der Waals surface area contributed by atoms with Crippen molar-refractivity contribution in [1.82, 2.24) is 19.7 Å². The smallest absolute Gasteiger partial charge is 0.337 e. The standard InChI is InChI=1S/C8H5BrN4O2/c9-6-1-5(8(14)15)2-11-7(6)13-4-10-3-12-13/h1-4H,(H,14,15). The summed E-state index contributed by atoms with van der Waals surface area (Å²) in [5.74, 6) is -0.522. The van der Waals surface area contributed by atoms with E-state index in [1.54, 1.807) is 0 Å². The number of halogens is 1. The molecule has 0 atom stereocenters. The lowest BCUT2D eigenvalue weighted by Crippen LogP contribution is -2.03.